The highest BCUT2D eigenvalue weighted by Gasteiger charge is 2.40. The summed E-state index contributed by atoms with van der Waals surface area (Å²) in [7, 11) is -0.646. The van der Waals surface area contributed by atoms with Gasteiger partial charge in [0.15, 0.2) is 9.76 Å². The number of hydrogen-bond donors (Lipinski definition) is 1. The van der Waals surface area contributed by atoms with Gasteiger partial charge in [0.2, 0.25) is 0 Å². The van der Waals surface area contributed by atoms with Crippen molar-refractivity contribution in [2.45, 2.75) is 104 Å². The molecule has 0 amide bonds. The highest BCUT2D eigenvalue weighted by molar-refractivity contribution is 6.31. The Labute approximate surface area is 170 Å². The fourth-order valence-corrected chi connectivity index (χ4v) is 5.19. The number of benzene rings is 1. The van der Waals surface area contributed by atoms with Crippen molar-refractivity contribution >= 4 is 9.76 Å². The number of aryl methyl sites for hydroxylation is 1. The van der Waals surface area contributed by atoms with E-state index in [0.29, 0.717) is 5.41 Å². The summed E-state index contributed by atoms with van der Waals surface area (Å²) in [5.41, 5.74) is 3.90. The average Bonchev–Trinajstić information content (AvgIpc) is 2.60. The molecule has 0 aliphatic heterocycles. The van der Waals surface area contributed by atoms with Gasteiger partial charge in [-0.1, -0.05) is 72.6 Å². The van der Waals surface area contributed by atoms with Crippen molar-refractivity contribution in [3.63, 3.8) is 0 Å². The van der Waals surface area contributed by atoms with E-state index < -0.39 is 15.9 Å². The second kappa shape index (κ2) is 8.38. The summed E-state index contributed by atoms with van der Waals surface area (Å²) in [5.74, 6) is 0.166. The zero-order chi connectivity index (χ0) is 20.5. The van der Waals surface area contributed by atoms with Gasteiger partial charge in [0.1, 0.15) is 0 Å². The third-order valence-electron chi connectivity index (χ3n) is 6.74. The molecular formula is C24H42O2Si. The van der Waals surface area contributed by atoms with Gasteiger partial charge in [0, 0.05) is 5.92 Å². The molecule has 2 atom stereocenters. The normalized spacial score (nSPS) is 21.7. The van der Waals surface area contributed by atoms with Crippen molar-refractivity contribution in [1.82, 2.24) is 0 Å². The molecule has 0 saturated heterocycles. The lowest BCUT2D eigenvalue weighted by molar-refractivity contribution is -0.0400. The van der Waals surface area contributed by atoms with Crippen molar-refractivity contribution in [3.05, 3.63) is 34.9 Å². The lowest BCUT2D eigenvalue weighted by Crippen LogP contribution is -2.42. The third-order valence-corrected chi connectivity index (χ3v) is 8.50. The smallest absolute Gasteiger partial charge is 0.167 e. The summed E-state index contributed by atoms with van der Waals surface area (Å²) in [4.78, 5) is 0. The molecule has 3 heteroatoms. The van der Waals surface area contributed by atoms with Crippen LogP contribution in [0.3, 0.4) is 0 Å². The van der Waals surface area contributed by atoms with Crippen molar-refractivity contribution in [2.75, 3.05) is 0 Å². The van der Waals surface area contributed by atoms with E-state index in [0.717, 1.165) is 24.8 Å². The number of hydrogen-bond acceptors (Lipinski definition) is 2. The van der Waals surface area contributed by atoms with Gasteiger partial charge in [-0.15, -0.1) is 0 Å². The fraction of sp³-hybridized carbons (Fsp3) is 0.750. The van der Waals surface area contributed by atoms with E-state index in [2.05, 4.69) is 73.6 Å². The Morgan fingerprint density at radius 3 is 2.26 bits per heavy atom. The lowest BCUT2D eigenvalue weighted by atomic mass is 9.72. The first-order chi connectivity index (χ1) is 12.4. The molecule has 0 bridgehead atoms. The van der Waals surface area contributed by atoms with Crippen LogP contribution in [0.4, 0.5) is 0 Å². The molecule has 0 saturated carbocycles. The van der Waals surface area contributed by atoms with Gasteiger partial charge in [-0.05, 0) is 60.3 Å². The monoisotopic (exact) mass is 390 g/mol. The quantitative estimate of drug-likeness (QED) is 0.601. The van der Waals surface area contributed by atoms with Crippen LogP contribution in [0.1, 0.15) is 97.4 Å². The van der Waals surface area contributed by atoms with E-state index >= 15 is 0 Å². The zero-order valence-corrected chi connectivity index (χ0v) is 20.4. The molecular weight excluding hydrogens is 348 g/mol. The molecule has 0 fully saturated rings. The number of fused-ring (bicyclic) bond motifs is 1. The summed E-state index contributed by atoms with van der Waals surface area (Å²) >= 11 is 0. The Hall–Kier alpha value is -0.643. The molecule has 0 spiro atoms. The van der Waals surface area contributed by atoms with E-state index in [-0.39, 0.29) is 16.6 Å². The minimum Gasteiger partial charge on any atom is -0.418 e. The fourth-order valence-electron chi connectivity index (χ4n) is 4.17. The molecule has 1 aliphatic rings. The highest BCUT2D eigenvalue weighted by atomic mass is 28.2. The van der Waals surface area contributed by atoms with Crippen LogP contribution in [0, 0.1) is 11.3 Å². The van der Waals surface area contributed by atoms with Gasteiger partial charge in [-0.2, -0.15) is 0 Å². The predicted molar refractivity (Wildman–Crippen MR) is 119 cm³/mol. The Morgan fingerprint density at radius 2 is 1.70 bits per heavy atom. The van der Waals surface area contributed by atoms with Crippen LogP contribution in [-0.4, -0.2) is 20.5 Å². The van der Waals surface area contributed by atoms with Gasteiger partial charge in [0.25, 0.3) is 0 Å². The molecule has 2 unspecified atom stereocenters. The number of rotatable bonds is 7. The topological polar surface area (TPSA) is 29.5 Å². The van der Waals surface area contributed by atoms with Gasteiger partial charge in [-0.3, -0.25) is 0 Å². The van der Waals surface area contributed by atoms with Crippen LogP contribution in [0.25, 0.3) is 0 Å². The maximum absolute atomic E-state index is 11.3. The maximum Gasteiger partial charge on any atom is 0.167 e. The first-order valence-electron chi connectivity index (χ1n) is 10.8. The molecule has 1 aromatic carbocycles. The maximum atomic E-state index is 11.3. The zero-order valence-electron chi connectivity index (χ0n) is 19.0. The SMILES string of the molecule is CCC(C)(CC)Cc1ccc2c(c1)C(O)C(C(C)(C)O[SiH2]C(C)(C)C)CC2. The molecule has 0 radical (unpaired) electrons. The number of aliphatic hydroxyl groups excluding tert-OH is 1. The van der Waals surface area contributed by atoms with E-state index in [1.165, 1.54) is 24.0 Å². The molecule has 27 heavy (non-hydrogen) atoms. The molecule has 1 aliphatic carbocycles. The van der Waals surface area contributed by atoms with Crippen LogP contribution in [0.2, 0.25) is 5.04 Å². The second-order valence-corrected chi connectivity index (χ2v) is 13.5. The Bertz CT molecular complexity index is 626. The van der Waals surface area contributed by atoms with Crippen LogP contribution >= 0.6 is 0 Å². The van der Waals surface area contributed by atoms with Crippen LogP contribution in [0.5, 0.6) is 0 Å². The molecule has 1 aromatic rings. The molecule has 1 N–H and O–H groups in total. The second-order valence-electron chi connectivity index (χ2n) is 10.8. The van der Waals surface area contributed by atoms with Crippen LogP contribution in [0.15, 0.2) is 18.2 Å². The highest BCUT2D eigenvalue weighted by Crippen LogP contribution is 2.43. The van der Waals surface area contributed by atoms with Gasteiger partial charge < -0.3 is 9.53 Å². The Kier molecular flexibility index (Phi) is 7.03. The summed E-state index contributed by atoms with van der Waals surface area (Å²) in [6.07, 6.45) is 5.07. The van der Waals surface area contributed by atoms with Crippen molar-refractivity contribution in [1.29, 1.82) is 0 Å². The third kappa shape index (κ3) is 5.68. The first kappa shape index (κ1) is 22.6. The molecule has 2 nitrogen and oxygen atoms in total. The van der Waals surface area contributed by atoms with E-state index in [9.17, 15) is 5.11 Å². The lowest BCUT2D eigenvalue weighted by Gasteiger charge is -2.42. The average molecular weight is 391 g/mol. The van der Waals surface area contributed by atoms with Gasteiger partial charge >= 0.3 is 0 Å². The molecule has 0 heterocycles. The standard InChI is InChI=1S/C24H42O2Si/c1-9-24(8,10-2)16-17-11-12-18-13-14-20(21(25)19(18)15-17)23(6,7)26-27-22(3,4)5/h11-12,15,20-21,25H,9-10,13-14,16,27H2,1-8H3. The van der Waals surface area contributed by atoms with Crippen molar-refractivity contribution in [2.24, 2.45) is 11.3 Å². The van der Waals surface area contributed by atoms with Crippen molar-refractivity contribution in [3.8, 4) is 0 Å². The molecule has 154 valence electrons. The summed E-state index contributed by atoms with van der Waals surface area (Å²) < 4.78 is 6.44. The summed E-state index contributed by atoms with van der Waals surface area (Å²) in [6, 6.07) is 6.82. The van der Waals surface area contributed by atoms with E-state index in [1.807, 2.05) is 0 Å². The van der Waals surface area contributed by atoms with E-state index in [1.54, 1.807) is 0 Å². The largest absolute Gasteiger partial charge is 0.418 e. The number of aliphatic hydroxyl groups is 1. The molecule has 2 rings (SSSR count). The summed E-state index contributed by atoms with van der Waals surface area (Å²) in [6.45, 7) is 18.1. The Balaban J connectivity index is 2.22. The van der Waals surface area contributed by atoms with Crippen LogP contribution in [-0.2, 0) is 17.3 Å². The van der Waals surface area contributed by atoms with Gasteiger partial charge in [-0.25, -0.2) is 0 Å². The first-order valence-corrected chi connectivity index (χ1v) is 12.1. The Morgan fingerprint density at radius 1 is 1.07 bits per heavy atom. The minimum absolute atomic E-state index is 0.166. The predicted octanol–water partition coefficient (Wildman–Crippen LogP) is 5.75. The van der Waals surface area contributed by atoms with Gasteiger partial charge in [0.05, 0.1) is 11.7 Å². The van der Waals surface area contributed by atoms with E-state index in [4.69, 9.17) is 4.43 Å². The minimum atomic E-state index is -0.646. The molecule has 0 aromatic heterocycles. The van der Waals surface area contributed by atoms with Crippen LogP contribution < -0.4 is 0 Å². The van der Waals surface area contributed by atoms with Crippen molar-refractivity contribution < 1.29 is 9.53 Å². The summed E-state index contributed by atoms with van der Waals surface area (Å²) in [5, 5.41) is 11.5.